The summed E-state index contributed by atoms with van der Waals surface area (Å²) in [6, 6.07) is 18.6. The Labute approximate surface area is 167 Å². The molecular weight excluding hydrogens is 344 g/mol. The number of imidazole rings is 1. The summed E-state index contributed by atoms with van der Waals surface area (Å²) in [5.41, 5.74) is 4.37. The van der Waals surface area contributed by atoms with Crippen molar-refractivity contribution in [2.45, 2.75) is 38.6 Å². The molecule has 4 rings (SSSR count). The highest BCUT2D eigenvalue weighted by Gasteiger charge is 2.20. The number of benzene rings is 2. The molecule has 0 radical (unpaired) electrons. The number of nitrogens with zero attached hydrogens (tertiary/aromatic N) is 4. The van der Waals surface area contributed by atoms with Crippen LogP contribution in [0.2, 0.25) is 0 Å². The third-order valence-corrected chi connectivity index (χ3v) is 6.09. The Kier molecular flexibility index (Phi) is 5.73. The van der Waals surface area contributed by atoms with Gasteiger partial charge in [-0.1, -0.05) is 30.7 Å². The van der Waals surface area contributed by atoms with E-state index in [0.29, 0.717) is 0 Å². The van der Waals surface area contributed by atoms with E-state index in [0.717, 1.165) is 48.9 Å². The first-order valence-corrected chi connectivity index (χ1v) is 10.3. The molecule has 1 aliphatic heterocycles. The van der Waals surface area contributed by atoms with Crippen LogP contribution in [-0.4, -0.2) is 27.5 Å². The molecule has 0 atom stereocenters. The minimum absolute atomic E-state index is 0.771. The van der Waals surface area contributed by atoms with Crippen molar-refractivity contribution in [3.05, 3.63) is 65.5 Å². The molecule has 0 N–H and O–H groups in total. The predicted octanol–water partition coefficient (Wildman–Crippen LogP) is 4.68. The number of nitriles is 1. The highest BCUT2D eigenvalue weighted by atomic mass is 15.2. The van der Waals surface area contributed by atoms with Crippen molar-refractivity contribution in [1.29, 1.82) is 5.26 Å². The first kappa shape index (κ1) is 18.7. The second-order valence-electron chi connectivity index (χ2n) is 8.00. The molecule has 1 aromatic heterocycles. The van der Waals surface area contributed by atoms with E-state index >= 15 is 0 Å². The average Bonchev–Trinajstić information content (AvgIpc) is 3.05. The summed E-state index contributed by atoms with van der Waals surface area (Å²) >= 11 is 0. The van der Waals surface area contributed by atoms with Crippen LogP contribution < -0.4 is 0 Å². The third kappa shape index (κ3) is 4.26. The van der Waals surface area contributed by atoms with E-state index in [4.69, 9.17) is 10.2 Å². The number of aromatic nitrogens is 2. The number of rotatable bonds is 6. The predicted molar refractivity (Wildman–Crippen MR) is 113 cm³/mol. The molecule has 1 saturated heterocycles. The van der Waals surface area contributed by atoms with E-state index in [9.17, 15) is 0 Å². The van der Waals surface area contributed by atoms with Crippen molar-refractivity contribution in [3.8, 4) is 6.07 Å². The molecule has 3 aromatic rings. The minimum atomic E-state index is 0.771. The van der Waals surface area contributed by atoms with E-state index in [2.05, 4.69) is 52.9 Å². The first-order valence-electron chi connectivity index (χ1n) is 10.3. The van der Waals surface area contributed by atoms with Gasteiger partial charge in [-0.15, -0.1) is 0 Å². The normalized spacial score (nSPS) is 15.7. The molecule has 144 valence electrons. The highest BCUT2D eigenvalue weighted by Crippen LogP contribution is 2.24. The Morgan fingerprint density at radius 2 is 1.93 bits per heavy atom. The van der Waals surface area contributed by atoms with E-state index in [1.807, 2.05) is 18.2 Å². The summed E-state index contributed by atoms with van der Waals surface area (Å²) in [4.78, 5) is 7.37. The van der Waals surface area contributed by atoms with Gasteiger partial charge in [-0.2, -0.15) is 5.26 Å². The second-order valence-corrected chi connectivity index (χ2v) is 8.00. The molecule has 2 heterocycles. The van der Waals surface area contributed by atoms with Gasteiger partial charge in [0.25, 0.3) is 0 Å². The zero-order chi connectivity index (χ0) is 19.3. The molecule has 0 unspecified atom stereocenters. The summed E-state index contributed by atoms with van der Waals surface area (Å²) in [5, 5.41) is 9.02. The van der Waals surface area contributed by atoms with Gasteiger partial charge in [-0.05, 0) is 74.5 Å². The van der Waals surface area contributed by atoms with Crippen LogP contribution in [0.15, 0.2) is 48.5 Å². The maximum absolute atomic E-state index is 9.02. The monoisotopic (exact) mass is 372 g/mol. The fourth-order valence-corrected chi connectivity index (χ4v) is 4.36. The van der Waals surface area contributed by atoms with Crippen LogP contribution >= 0.6 is 0 Å². The van der Waals surface area contributed by atoms with Gasteiger partial charge in [-0.3, -0.25) is 4.90 Å². The topological polar surface area (TPSA) is 44.9 Å². The van der Waals surface area contributed by atoms with Gasteiger partial charge in [0.2, 0.25) is 0 Å². The number of para-hydroxylation sites is 2. The van der Waals surface area contributed by atoms with Crippen molar-refractivity contribution in [2.24, 2.45) is 13.0 Å². The largest absolute Gasteiger partial charge is 0.330 e. The van der Waals surface area contributed by atoms with Crippen molar-refractivity contribution in [1.82, 2.24) is 14.5 Å². The van der Waals surface area contributed by atoms with Gasteiger partial charge >= 0.3 is 0 Å². The van der Waals surface area contributed by atoms with Crippen LogP contribution in [-0.2, 0) is 20.0 Å². The number of aryl methyl sites for hydroxylation is 2. The van der Waals surface area contributed by atoms with Crippen LogP contribution in [0, 0.1) is 17.2 Å². The summed E-state index contributed by atoms with van der Waals surface area (Å²) in [7, 11) is 2.12. The number of hydrogen-bond acceptors (Lipinski definition) is 3. The van der Waals surface area contributed by atoms with Crippen LogP contribution in [0.25, 0.3) is 11.0 Å². The number of piperidine rings is 1. The highest BCUT2D eigenvalue weighted by molar-refractivity contribution is 5.75. The molecule has 2 aromatic carbocycles. The zero-order valence-electron chi connectivity index (χ0n) is 16.6. The lowest BCUT2D eigenvalue weighted by atomic mass is 9.90. The number of hydrogen-bond donors (Lipinski definition) is 0. The average molecular weight is 373 g/mol. The molecule has 4 heteroatoms. The molecule has 0 saturated carbocycles. The maximum atomic E-state index is 9.02. The van der Waals surface area contributed by atoms with Crippen molar-refractivity contribution in [2.75, 3.05) is 13.1 Å². The van der Waals surface area contributed by atoms with Crippen molar-refractivity contribution >= 4 is 11.0 Å². The Balaban J connectivity index is 1.24. The van der Waals surface area contributed by atoms with E-state index in [1.54, 1.807) is 0 Å². The molecule has 1 aliphatic rings. The summed E-state index contributed by atoms with van der Waals surface area (Å²) in [5.74, 6) is 1.99. The quantitative estimate of drug-likeness (QED) is 0.631. The Hall–Kier alpha value is -2.64. The standard InChI is InChI=1S/C24H28N4/c1-27-23-11-3-2-10-22(23)26-24(27)18-28-14-12-19(13-15-28)6-4-7-20-8-5-9-21(16-20)17-25/h2-3,5,8-11,16,19H,4,6-7,12-15,18H2,1H3. The molecule has 0 amide bonds. The van der Waals surface area contributed by atoms with E-state index < -0.39 is 0 Å². The minimum Gasteiger partial charge on any atom is -0.330 e. The van der Waals surface area contributed by atoms with Gasteiger partial charge in [0.05, 0.1) is 29.2 Å². The lowest BCUT2D eigenvalue weighted by Crippen LogP contribution is -2.34. The van der Waals surface area contributed by atoms with Crippen LogP contribution in [0.1, 0.15) is 42.6 Å². The SMILES string of the molecule is Cn1c(CN2CCC(CCCc3cccc(C#N)c3)CC2)nc2ccccc21. The number of fused-ring (bicyclic) bond motifs is 1. The van der Waals surface area contributed by atoms with Gasteiger partial charge in [0.1, 0.15) is 5.82 Å². The van der Waals surface area contributed by atoms with Crippen LogP contribution in [0.5, 0.6) is 0 Å². The lowest BCUT2D eigenvalue weighted by Gasteiger charge is -2.31. The smallest absolute Gasteiger partial charge is 0.123 e. The Morgan fingerprint density at radius 3 is 2.71 bits per heavy atom. The molecule has 0 aliphatic carbocycles. The fourth-order valence-electron chi connectivity index (χ4n) is 4.36. The lowest BCUT2D eigenvalue weighted by molar-refractivity contribution is 0.166. The molecule has 4 nitrogen and oxygen atoms in total. The fraction of sp³-hybridized carbons (Fsp3) is 0.417. The summed E-state index contributed by atoms with van der Waals surface area (Å²) in [6.07, 6.45) is 6.14. The molecule has 0 spiro atoms. The van der Waals surface area contributed by atoms with Crippen molar-refractivity contribution < 1.29 is 0 Å². The number of likely N-dealkylation sites (tertiary alicyclic amines) is 1. The second kappa shape index (κ2) is 8.58. The van der Waals surface area contributed by atoms with Gasteiger partial charge < -0.3 is 4.57 Å². The van der Waals surface area contributed by atoms with Gasteiger partial charge in [0, 0.05) is 7.05 Å². The molecule has 28 heavy (non-hydrogen) atoms. The third-order valence-electron chi connectivity index (χ3n) is 6.09. The van der Waals surface area contributed by atoms with Crippen LogP contribution in [0.3, 0.4) is 0 Å². The molecular formula is C24H28N4. The Bertz CT molecular complexity index is 974. The van der Waals surface area contributed by atoms with E-state index in [-0.39, 0.29) is 0 Å². The summed E-state index contributed by atoms with van der Waals surface area (Å²) in [6.45, 7) is 3.27. The maximum Gasteiger partial charge on any atom is 0.123 e. The first-order chi connectivity index (χ1) is 13.7. The van der Waals surface area contributed by atoms with Gasteiger partial charge in [0.15, 0.2) is 0 Å². The Morgan fingerprint density at radius 1 is 1.11 bits per heavy atom. The molecule has 1 fully saturated rings. The van der Waals surface area contributed by atoms with Crippen molar-refractivity contribution in [3.63, 3.8) is 0 Å². The zero-order valence-corrected chi connectivity index (χ0v) is 16.6. The van der Waals surface area contributed by atoms with E-state index in [1.165, 1.54) is 36.8 Å². The summed E-state index contributed by atoms with van der Waals surface area (Å²) < 4.78 is 2.23. The molecule has 0 bridgehead atoms. The van der Waals surface area contributed by atoms with Crippen LogP contribution in [0.4, 0.5) is 0 Å². The van der Waals surface area contributed by atoms with Gasteiger partial charge in [-0.25, -0.2) is 4.98 Å².